The van der Waals surface area contributed by atoms with Crippen molar-refractivity contribution >= 4 is 0 Å². The second-order valence-corrected chi connectivity index (χ2v) is 9.71. The van der Waals surface area contributed by atoms with Gasteiger partial charge in [-0.1, -0.05) is 99.3 Å². The Morgan fingerprint density at radius 1 is 0.317 bits per heavy atom. The Balaban J connectivity index is 0.000000762. The van der Waals surface area contributed by atoms with Crippen LogP contribution in [0, 0.1) is 0 Å². The van der Waals surface area contributed by atoms with Gasteiger partial charge in [0.2, 0.25) is 0 Å². The van der Waals surface area contributed by atoms with E-state index in [0.29, 0.717) is 0 Å². The summed E-state index contributed by atoms with van der Waals surface area (Å²) in [4.78, 5) is 0. The molecule has 41 heavy (non-hydrogen) atoms. The van der Waals surface area contributed by atoms with Crippen LogP contribution >= 0.6 is 0 Å². The van der Waals surface area contributed by atoms with Crippen molar-refractivity contribution in [2.45, 2.75) is 64.2 Å². The quantitative estimate of drug-likeness (QED) is 0.0823. The summed E-state index contributed by atoms with van der Waals surface area (Å²) in [7, 11) is 0. The topological polar surface area (TPSA) is 0 Å². The first-order valence-electron chi connectivity index (χ1n) is 14.2. The molecule has 0 spiro atoms. The molecule has 0 fully saturated rings. The fourth-order valence-corrected chi connectivity index (χ4v) is 5.73. The predicted molar refractivity (Wildman–Crippen MR) is 183 cm³/mol. The first-order chi connectivity index (χ1) is 19.5. The van der Waals surface area contributed by atoms with Crippen molar-refractivity contribution in [3.8, 4) is 0 Å². The molecule has 0 atom stereocenters. The first-order valence-corrected chi connectivity index (χ1v) is 14.2. The Kier molecular flexibility index (Phi) is 19.6. The Morgan fingerprint density at radius 2 is 0.512 bits per heavy atom. The van der Waals surface area contributed by atoms with Gasteiger partial charge in [-0.3, -0.25) is 0 Å². The van der Waals surface area contributed by atoms with Gasteiger partial charge in [-0.2, -0.15) is 44.5 Å². The molecule has 2 aromatic carbocycles. The molecule has 0 N–H and O–H groups in total. The summed E-state index contributed by atoms with van der Waals surface area (Å²) >= 11 is 0. The van der Waals surface area contributed by atoms with Gasteiger partial charge in [0.1, 0.15) is 0 Å². The molecule has 2 rings (SSSR count). The molecule has 0 nitrogen and oxygen atoms in total. The average molecular weight is 587 g/mol. The van der Waals surface area contributed by atoms with Crippen LogP contribution in [0.3, 0.4) is 0 Å². The van der Waals surface area contributed by atoms with Crippen molar-refractivity contribution < 1.29 is 17.1 Å². The van der Waals surface area contributed by atoms with E-state index in [1.54, 1.807) is 0 Å². The van der Waals surface area contributed by atoms with Crippen LogP contribution in [0.4, 0.5) is 0 Å². The van der Waals surface area contributed by atoms with E-state index in [2.05, 4.69) is 65.8 Å². The SMILES string of the molecule is C=CCc1c(CC=C)c(CC=C)[c-](CC=C)c1CC=C.C=CCc1c(CC=C)c(CC=C)[c-](CC=C)c1CC=C.[Fe+2]. The fraction of sp³-hybridized carbons (Fsp3) is 0.250. The van der Waals surface area contributed by atoms with E-state index >= 15 is 0 Å². The Morgan fingerprint density at radius 3 is 0.659 bits per heavy atom. The molecule has 2 aromatic rings. The minimum absolute atomic E-state index is 0. The van der Waals surface area contributed by atoms with E-state index in [0.717, 1.165) is 64.2 Å². The zero-order valence-electron chi connectivity index (χ0n) is 25.3. The van der Waals surface area contributed by atoms with Crippen LogP contribution in [0.15, 0.2) is 127 Å². The monoisotopic (exact) mass is 586 g/mol. The predicted octanol–water partition coefficient (Wildman–Crippen LogP) is 10.1. The van der Waals surface area contributed by atoms with E-state index in [9.17, 15) is 0 Å². The van der Waals surface area contributed by atoms with Gasteiger partial charge in [-0.25, -0.2) is 0 Å². The molecule has 0 saturated heterocycles. The standard InChI is InChI=1S/2C20H25.Fe/c2*1-6-11-16-17(12-7-2)19(14-9-4)20(15-10-5)18(16)13-8-3;/h2*6-10H,1-5,11-15H2;/q2*-1;+2. The number of hydrogen-bond acceptors (Lipinski definition) is 0. The third kappa shape index (κ3) is 9.89. The van der Waals surface area contributed by atoms with Crippen molar-refractivity contribution in [1.29, 1.82) is 0 Å². The minimum Gasteiger partial charge on any atom is -0.188 e. The van der Waals surface area contributed by atoms with E-state index in [-0.39, 0.29) is 17.1 Å². The van der Waals surface area contributed by atoms with Gasteiger partial charge in [0, 0.05) is 0 Å². The maximum atomic E-state index is 3.90. The van der Waals surface area contributed by atoms with Crippen molar-refractivity contribution in [2.75, 3.05) is 0 Å². The van der Waals surface area contributed by atoms with Crippen LogP contribution in [0.5, 0.6) is 0 Å². The van der Waals surface area contributed by atoms with Crippen LogP contribution in [0.1, 0.15) is 55.6 Å². The molecule has 0 saturated carbocycles. The summed E-state index contributed by atoms with van der Waals surface area (Å²) < 4.78 is 0. The second kappa shape index (κ2) is 21.4. The maximum Gasteiger partial charge on any atom is 2.00 e. The van der Waals surface area contributed by atoms with Gasteiger partial charge in [-0.15, -0.1) is 76.9 Å². The van der Waals surface area contributed by atoms with Crippen molar-refractivity contribution in [3.05, 3.63) is 182 Å². The summed E-state index contributed by atoms with van der Waals surface area (Å²) in [6, 6.07) is 0. The van der Waals surface area contributed by atoms with Crippen LogP contribution in [-0.2, 0) is 81.3 Å². The Labute approximate surface area is 262 Å². The van der Waals surface area contributed by atoms with Gasteiger partial charge in [0.05, 0.1) is 0 Å². The van der Waals surface area contributed by atoms with Crippen molar-refractivity contribution in [1.82, 2.24) is 0 Å². The minimum atomic E-state index is 0. The van der Waals surface area contributed by atoms with Crippen LogP contribution in [0.2, 0.25) is 0 Å². The molecule has 0 aliphatic heterocycles. The molecule has 0 aromatic heterocycles. The normalized spacial score (nSPS) is 9.76. The molecule has 0 aliphatic carbocycles. The average Bonchev–Trinajstić information content (AvgIpc) is 3.34. The van der Waals surface area contributed by atoms with Crippen molar-refractivity contribution in [2.24, 2.45) is 0 Å². The largest absolute Gasteiger partial charge is 2.00 e. The summed E-state index contributed by atoms with van der Waals surface area (Å²) in [6.07, 6.45) is 28.7. The second-order valence-electron chi connectivity index (χ2n) is 9.71. The summed E-state index contributed by atoms with van der Waals surface area (Å²) in [5.41, 5.74) is 14.0. The van der Waals surface area contributed by atoms with E-state index in [4.69, 9.17) is 0 Å². The zero-order valence-corrected chi connectivity index (χ0v) is 26.4. The Hall–Kier alpha value is -3.38. The molecular formula is C40H50Fe. The summed E-state index contributed by atoms with van der Waals surface area (Å²) in [6.45, 7) is 39.0. The zero-order chi connectivity index (χ0) is 29.9. The van der Waals surface area contributed by atoms with Gasteiger partial charge >= 0.3 is 17.1 Å². The van der Waals surface area contributed by atoms with E-state index < -0.39 is 0 Å². The van der Waals surface area contributed by atoms with Crippen molar-refractivity contribution in [3.63, 3.8) is 0 Å². The van der Waals surface area contributed by atoms with Gasteiger partial charge < -0.3 is 0 Å². The number of allylic oxidation sites excluding steroid dienone is 10. The van der Waals surface area contributed by atoms with Gasteiger partial charge in [0.15, 0.2) is 0 Å². The summed E-state index contributed by atoms with van der Waals surface area (Å²) in [5.74, 6) is 0. The van der Waals surface area contributed by atoms with E-state index in [1.165, 1.54) is 55.6 Å². The molecular weight excluding hydrogens is 536 g/mol. The molecule has 0 unspecified atom stereocenters. The third-order valence-corrected chi connectivity index (χ3v) is 7.13. The smallest absolute Gasteiger partial charge is 0.188 e. The van der Waals surface area contributed by atoms with Crippen LogP contribution in [-0.4, -0.2) is 0 Å². The molecule has 1 heteroatoms. The molecule has 0 amide bonds. The van der Waals surface area contributed by atoms with Gasteiger partial charge in [0.25, 0.3) is 0 Å². The first kappa shape index (κ1) is 37.6. The maximum absolute atomic E-state index is 3.90. The van der Waals surface area contributed by atoms with E-state index in [1.807, 2.05) is 60.8 Å². The van der Waals surface area contributed by atoms with Gasteiger partial charge in [-0.05, 0) is 25.7 Å². The molecule has 0 aliphatic rings. The molecule has 0 radical (unpaired) electrons. The van der Waals surface area contributed by atoms with Crippen LogP contribution in [0.25, 0.3) is 0 Å². The molecule has 0 heterocycles. The molecule has 218 valence electrons. The third-order valence-electron chi connectivity index (χ3n) is 7.13. The van der Waals surface area contributed by atoms with Crippen LogP contribution < -0.4 is 0 Å². The number of hydrogen-bond donors (Lipinski definition) is 0. The molecule has 0 bridgehead atoms. The number of rotatable bonds is 20. The summed E-state index contributed by atoms with van der Waals surface area (Å²) in [5, 5.41) is 0. The Bertz CT molecular complexity index is 867. The fourth-order valence-electron chi connectivity index (χ4n) is 5.73.